The number of carbonyl (C=O) groups is 2. The van der Waals surface area contributed by atoms with E-state index in [-0.39, 0.29) is 11.9 Å². The van der Waals surface area contributed by atoms with Gasteiger partial charge >= 0.3 is 5.97 Å². The van der Waals surface area contributed by atoms with Crippen molar-refractivity contribution in [2.75, 3.05) is 52.5 Å². The van der Waals surface area contributed by atoms with Gasteiger partial charge in [0, 0.05) is 19.5 Å². The first-order chi connectivity index (χ1) is 10.2. The molecular weight excluding hydrogens is 272 g/mol. The molecule has 0 aromatic carbocycles. The van der Waals surface area contributed by atoms with E-state index in [1.165, 1.54) is 0 Å². The number of ether oxygens (including phenoxy) is 2. The third kappa shape index (κ3) is 7.43. The van der Waals surface area contributed by atoms with Crippen molar-refractivity contribution in [1.82, 2.24) is 9.80 Å². The Labute approximate surface area is 127 Å². The molecule has 0 saturated carbocycles. The number of nitrogens with zero attached hydrogens (tertiary/aromatic N) is 2. The summed E-state index contributed by atoms with van der Waals surface area (Å²) in [6.45, 7) is 8.88. The smallest absolute Gasteiger partial charge is 0.320 e. The summed E-state index contributed by atoms with van der Waals surface area (Å²) in [5, 5.41) is 0. The van der Waals surface area contributed by atoms with Crippen molar-refractivity contribution in [2.45, 2.75) is 33.1 Å². The molecule has 1 fully saturated rings. The highest BCUT2D eigenvalue weighted by Gasteiger charge is 2.17. The molecule has 0 spiro atoms. The lowest BCUT2D eigenvalue weighted by Crippen LogP contribution is -2.41. The van der Waals surface area contributed by atoms with Crippen LogP contribution in [0, 0.1) is 0 Å². The second-order valence-electron chi connectivity index (χ2n) is 5.18. The summed E-state index contributed by atoms with van der Waals surface area (Å²) in [5.74, 6) is -0.00339. The van der Waals surface area contributed by atoms with Crippen LogP contribution in [0.5, 0.6) is 0 Å². The van der Waals surface area contributed by atoms with Crippen molar-refractivity contribution < 1.29 is 19.1 Å². The van der Waals surface area contributed by atoms with Crippen LogP contribution in [0.25, 0.3) is 0 Å². The molecule has 0 unspecified atom stereocenters. The SMILES string of the molecule is CCCN(CCCC(=O)N1CCOCC1)CC(=O)OCC. The largest absolute Gasteiger partial charge is 0.465 e. The van der Waals surface area contributed by atoms with Gasteiger partial charge in [0.05, 0.1) is 26.4 Å². The van der Waals surface area contributed by atoms with Gasteiger partial charge in [-0.2, -0.15) is 0 Å². The Morgan fingerprint density at radius 2 is 1.90 bits per heavy atom. The molecule has 0 bridgehead atoms. The number of hydrogen-bond donors (Lipinski definition) is 0. The number of amides is 1. The highest BCUT2D eigenvalue weighted by Crippen LogP contribution is 2.04. The average molecular weight is 300 g/mol. The predicted molar refractivity (Wildman–Crippen MR) is 80.0 cm³/mol. The van der Waals surface area contributed by atoms with E-state index in [0.29, 0.717) is 45.9 Å². The zero-order valence-corrected chi connectivity index (χ0v) is 13.3. The molecule has 0 aliphatic carbocycles. The number of rotatable bonds is 9. The molecule has 122 valence electrons. The second-order valence-corrected chi connectivity index (χ2v) is 5.18. The van der Waals surface area contributed by atoms with Gasteiger partial charge in [0.25, 0.3) is 0 Å². The standard InChI is InChI=1S/C15H28N2O4/c1-3-7-16(13-15(19)21-4-2)8-5-6-14(18)17-9-11-20-12-10-17/h3-13H2,1-2H3. The Bertz CT molecular complexity index is 317. The molecule has 1 aliphatic heterocycles. The van der Waals surface area contributed by atoms with E-state index in [2.05, 4.69) is 11.8 Å². The van der Waals surface area contributed by atoms with Crippen LogP contribution in [0.15, 0.2) is 0 Å². The van der Waals surface area contributed by atoms with Crippen LogP contribution < -0.4 is 0 Å². The fourth-order valence-electron chi connectivity index (χ4n) is 2.40. The first-order valence-electron chi connectivity index (χ1n) is 7.90. The van der Waals surface area contributed by atoms with Gasteiger partial charge in [-0.25, -0.2) is 0 Å². The Kier molecular flexibility index (Phi) is 9.01. The molecule has 1 saturated heterocycles. The lowest BCUT2D eigenvalue weighted by atomic mass is 10.2. The van der Waals surface area contributed by atoms with Crippen LogP contribution >= 0.6 is 0 Å². The molecule has 0 radical (unpaired) electrons. The zero-order chi connectivity index (χ0) is 15.5. The summed E-state index contributed by atoms with van der Waals surface area (Å²) in [7, 11) is 0. The molecule has 6 heteroatoms. The van der Waals surface area contributed by atoms with E-state index in [9.17, 15) is 9.59 Å². The van der Waals surface area contributed by atoms with Crippen molar-refractivity contribution in [3.8, 4) is 0 Å². The number of morpholine rings is 1. The van der Waals surface area contributed by atoms with Gasteiger partial charge in [-0.3, -0.25) is 14.5 Å². The molecule has 0 aromatic heterocycles. The van der Waals surface area contributed by atoms with E-state index in [0.717, 1.165) is 25.9 Å². The summed E-state index contributed by atoms with van der Waals surface area (Å²) in [6.07, 6.45) is 2.29. The van der Waals surface area contributed by atoms with Crippen LogP contribution in [0.4, 0.5) is 0 Å². The average Bonchev–Trinajstić information content (AvgIpc) is 2.48. The minimum absolute atomic E-state index is 0.186. The predicted octanol–water partition coefficient (Wildman–Crippen LogP) is 0.901. The monoisotopic (exact) mass is 300 g/mol. The van der Waals surface area contributed by atoms with Crippen LogP contribution in [0.3, 0.4) is 0 Å². The van der Waals surface area contributed by atoms with Gasteiger partial charge in [-0.15, -0.1) is 0 Å². The van der Waals surface area contributed by atoms with Crippen molar-refractivity contribution in [2.24, 2.45) is 0 Å². The van der Waals surface area contributed by atoms with Crippen molar-refractivity contribution >= 4 is 11.9 Å². The Morgan fingerprint density at radius 3 is 2.52 bits per heavy atom. The summed E-state index contributed by atoms with van der Waals surface area (Å²) >= 11 is 0. The van der Waals surface area contributed by atoms with Crippen molar-refractivity contribution in [3.05, 3.63) is 0 Å². The summed E-state index contributed by atoms with van der Waals surface area (Å²) < 4.78 is 10.2. The number of esters is 1. The number of carbonyl (C=O) groups excluding carboxylic acids is 2. The van der Waals surface area contributed by atoms with Gasteiger partial charge in [0.15, 0.2) is 0 Å². The first kappa shape index (κ1) is 17.9. The van der Waals surface area contributed by atoms with Crippen LogP contribution in [0.2, 0.25) is 0 Å². The Balaban J connectivity index is 2.25. The maximum Gasteiger partial charge on any atom is 0.320 e. The topological polar surface area (TPSA) is 59.1 Å². The maximum absolute atomic E-state index is 12.0. The highest BCUT2D eigenvalue weighted by atomic mass is 16.5. The molecule has 21 heavy (non-hydrogen) atoms. The second kappa shape index (κ2) is 10.6. The van der Waals surface area contributed by atoms with E-state index in [1.807, 2.05) is 11.8 Å². The quantitative estimate of drug-likeness (QED) is 0.592. The normalized spacial score (nSPS) is 15.3. The lowest BCUT2D eigenvalue weighted by molar-refractivity contribution is -0.144. The minimum Gasteiger partial charge on any atom is -0.465 e. The summed E-state index contributed by atoms with van der Waals surface area (Å²) in [4.78, 5) is 27.5. The molecule has 1 aliphatic rings. The van der Waals surface area contributed by atoms with Crippen LogP contribution in [-0.2, 0) is 19.1 Å². The summed E-state index contributed by atoms with van der Waals surface area (Å²) in [5.41, 5.74) is 0. The van der Waals surface area contributed by atoms with E-state index < -0.39 is 0 Å². The van der Waals surface area contributed by atoms with Gasteiger partial charge in [-0.05, 0) is 32.9 Å². The fraction of sp³-hybridized carbons (Fsp3) is 0.867. The van der Waals surface area contributed by atoms with Crippen LogP contribution in [0.1, 0.15) is 33.1 Å². The molecule has 1 amide bonds. The van der Waals surface area contributed by atoms with Gasteiger partial charge in [-0.1, -0.05) is 6.92 Å². The summed E-state index contributed by atoms with van der Waals surface area (Å²) in [6, 6.07) is 0. The van der Waals surface area contributed by atoms with Crippen molar-refractivity contribution in [3.63, 3.8) is 0 Å². The van der Waals surface area contributed by atoms with Gasteiger partial charge < -0.3 is 14.4 Å². The van der Waals surface area contributed by atoms with E-state index in [4.69, 9.17) is 9.47 Å². The number of hydrogen-bond acceptors (Lipinski definition) is 5. The zero-order valence-electron chi connectivity index (χ0n) is 13.3. The van der Waals surface area contributed by atoms with Crippen LogP contribution in [-0.4, -0.2) is 74.2 Å². The fourth-order valence-corrected chi connectivity index (χ4v) is 2.40. The van der Waals surface area contributed by atoms with Gasteiger partial charge in [0.2, 0.25) is 5.91 Å². The molecule has 0 aromatic rings. The maximum atomic E-state index is 12.0. The Hall–Kier alpha value is -1.14. The first-order valence-corrected chi connectivity index (χ1v) is 7.90. The molecule has 6 nitrogen and oxygen atoms in total. The minimum atomic E-state index is -0.189. The van der Waals surface area contributed by atoms with E-state index >= 15 is 0 Å². The third-order valence-corrected chi connectivity index (χ3v) is 3.43. The third-order valence-electron chi connectivity index (χ3n) is 3.43. The molecule has 0 N–H and O–H groups in total. The van der Waals surface area contributed by atoms with Gasteiger partial charge in [0.1, 0.15) is 0 Å². The highest BCUT2D eigenvalue weighted by molar-refractivity contribution is 5.76. The lowest BCUT2D eigenvalue weighted by Gasteiger charge is -2.27. The molecule has 1 heterocycles. The molecule has 1 rings (SSSR count). The molecule has 0 atom stereocenters. The van der Waals surface area contributed by atoms with E-state index in [1.54, 1.807) is 0 Å². The Morgan fingerprint density at radius 1 is 1.19 bits per heavy atom. The van der Waals surface area contributed by atoms with Crippen molar-refractivity contribution in [1.29, 1.82) is 0 Å². The molecular formula is C15H28N2O4.